The molecule has 0 aliphatic carbocycles. The van der Waals surface area contributed by atoms with Crippen molar-refractivity contribution in [2.45, 2.75) is 40.0 Å². The number of Topliss-reactive ketones (excluding diaryl/α,β-unsaturated/α-hetero) is 1. The van der Waals surface area contributed by atoms with E-state index in [2.05, 4.69) is 10.2 Å². The molecule has 0 fully saturated rings. The van der Waals surface area contributed by atoms with Crippen molar-refractivity contribution in [1.82, 2.24) is 0 Å². The van der Waals surface area contributed by atoms with E-state index in [0.717, 1.165) is 5.56 Å². The van der Waals surface area contributed by atoms with Crippen LogP contribution in [-0.2, 0) is 11.3 Å². The van der Waals surface area contributed by atoms with E-state index in [4.69, 9.17) is 0 Å². The molecule has 0 atom stereocenters. The Labute approximate surface area is 102 Å². The molecule has 0 heterocycles. The number of benzene rings is 1. The van der Waals surface area contributed by atoms with Gasteiger partial charge in [-0.15, -0.1) is 0 Å². The van der Waals surface area contributed by atoms with E-state index in [1.165, 1.54) is 13.8 Å². The van der Waals surface area contributed by atoms with Crippen LogP contribution in [0.15, 0.2) is 40.6 Å². The Morgan fingerprint density at radius 3 is 2.12 bits per heavy atom. The average molecular weight is 236 g/mol. The topological polar surface area (TPSA) is 62.0 Å². The van der Waals surface area contributed by atoms with Crippen LogP contribution in [0.5, 0.6) is 0 Å². The zero-order valence-corrected chi connectivity index (χ0v) is 10.8. The van der Waals surface area contributed by atoms with Gasteiger partial charge in [0.1, 0.15) is 5.78 Å². The number of aliphatic hydroxyl groups is 1. The summed E-state index contributed by atoms with van der Waals surface area (Å²) in [5.41, 5.74) is 0.0323. The van der Waals surface area contributed by atoms with Crippen LogP contribution >= 0.6 is 0 Å². The molecule has 0 saturated carbocycles. The van der Waals surface area contributed by atoms with Crippen molar-refractivity contribution in [3.8, 4) is 0 Å². The van der Waals surface area contributed by atoms with Crippen LogP contribution in [0.25, 0.3) is 0 Å². The van der Waals surface area contributed by atoms with E-state index in [1.807, 2.05) is 30.3 Å². The summed E-state index contributed by atoms with van der Waals surface area (Å²) in [4.78, 5) is 9.44. The van der Waals surface area contributed by atoms with Gasteiger partial charge in [0, 0.05) is 0 Å². The normalized spacial score (nSPS) is 10.9. The maximum absolute atomic E-state index is 9.44. The number of hydrogen-bond acceptors (Lipinski definition) is 4. The molecule has 17 heavy (non-hydrogen) atoms. The lowest BCUT2D eigenvalue weighted by atomic mass is 10.2. The summed E-state index contributed by atoms with van der Waals surface area (Å²) in [5.74, 6) is 0.167. The maximum Gasteiger partial charge on any atom is 0.170 e. The molecule has 0 radical (unpaired) electrons. The fraction of sp³-hybridized carbons (Fsp3) is 0.462. The summed E-state index contributed by atoms with van der Waals surface area (Å²) in [6, 6.07) is 9.81. The second-order valence-electron chi connectivity index (χ2n) is 4.29. The van der Waals surface area contributed by atoms with E-state index in [0.29, 0.717) is 6.54 Å². The van der Waals surface area contributed by atoms with Gasteiger partial charge < -0.3 is 9.90 Å². The first-order valence-corrected chi connectivity index (χ1v) is 5.43. The standard InChI is InChI=1S/C10H14N2O.C3H6O/c1-10(2,13)12-11-8-9-6-4-3-5-7-9;1-3(2)4/h3-7,13H,8H2,1-2H3;1-2H3. The minimum absolute atomic E-state index is 0.167. The van der Waals surface area contributed by atoms with Crippen molar-refractivity contribution < 1.29 is 9.90 Å². The van der Waals surface area contributed by atoms with Crippen LogP contribution in [0.2, 0.25) is 0 Å². The van der Waals surface area contributed by atoms with Gasteiger partial charge in [0.15, 0.2) is 5.72 Å². The summed E-state index contributed by atoms with van der Waals surface area (Å²) >= 11 is 0. The molecule has 0 unspecified atom stereocenters. The molecule has 0 amide bonds. The van der Waals surface area contributed by atoms with Gasteiger partial charge in [0.25, 0.3) is 0 Å². The number of hydrogen-bond donors (Lipinski definition) is 1. The third-order valence-corrected chi connectivity index (χ3v) is 1.41. The van der Waals surface area contributed by atoms with Crippen molar-refractivity contribution in [3.63, 3.8) is 0 Å². The van der Waals surface area contributed by atoms with Crippen LogP contribution in [0.1, 0.15) is 33.3 Å². The molecule has 1 N–H and O–H groups in total. The van der Waals surface area contributed by atoms with Crippen LogP contribution in [0.4, 0.5) is 0 Å². The van der Waals surface area contributed by atoms with Crippen LogP contribution in [0, 0.1) is 0 Å². The van der Waals surface area contributed by atoms with Crippen LogP contribution in [0.3, 0.4) is 0 Å². The molecule has 4 heteroatoms. The quantitative estimate of drug-likeness (QED) is 0.820. The highest BCUT2D eigenvalue weighted by molar-refractivity contribution is 5.72. The fourth-order valence-electron chi connectivity index (χ4n) is 0.873. The van der Waals surface area contributed by atoms with Gasteiger partial charge in [-0.25, -0.2) is 0 Å². The monoisotopic (exact) mass is 236 g/mol. The molecule has 0 aromatic heterocycles. The van der Waals surface area contributed by atoms with E-state index >= 15 is 0 Å². The second-order valence-corrected chi connectivity index (χ2v) is 4.29. The van der Waals surface area contributed by atoms with Crippen LogP contribution < -0.4 is 0 Å². The van der Waals surface area contributed by atoms with Gasteiger partial charge in [-0.1, -0.05) is 30.3 Å². The largest absolute Gasteiger partial charge is 0.368 e. The number of nitrogens with zero attached hydrogens (tertiary/aromatic N) is 2. The van der Waals surface area contributed by atoms with Crippen molar-refractivity contribution in [2.75, 3.05) is 0 Å². The molecule has 1 aromatic carbocycles. The Morgan fingerprint density at radius 1 is 1.24 bits per heavy atom. The Morgan fingerprint density at radius 2 is 1.71 bits per heavy atom. The smallest absolute Gasteiger partial charge is 0.170 e. The van der Waals surface area contributed by atoms with Crippen LogP contribution in [-0.4, -0.2) is 16.6 Å². The summed E-state index contributed by atoms with van der Waals surface area (Å²) in [6.45, 7) is 6.77. The molecule has 0 bridgehead atoms. The van der Waals surface area contributed by atoms with Gasteiger partial charge in [0.2, 0.25) is 0 Å². The van der Waals surface area contributed by atoms with Gasteiger partial charge >= 0.3 is 0 Å². The van der Waals surface area contributed by atoms with Crippen molar-refractivity contribution in [2.24, 2.45) is 10.2 Å². The van der Waals surface area contributed by atoms with E-state index < -0.39 is 5.72 Å². The number of azo groups is 1. The summed E-state index contributed by atoms with van der Waals surface area (Å²) in [5, 5.41) is 16.9. The highest BCUT2D eigenvalue weighted by Crippen LogP contribution is 2.06. The number of rotatable bonds is 3. The maximum atomic E-state index is 9.44. The molecule has 1 aromatic rings. The van der Waals surface area contributed by atoms with Crippen molar-refractivity contribution in [3.05, 3.63) is 35.9 Å². The van der Waals surface area contributed by atoms with Gasteiger partial charge in [-0.2, -0.15) is 10.2 Å². The van der Waals surface area contributed by atoms with Crippen molar-refractivity contribution >= 4 is 5.78 Å². The molecular weight excluding hydrogens is 216 g/mol. The Bertz CT molecular complexity index is 349. The molecule has 1 rings (SSSR count). The first-order valence-electron chi connectivity index (χ1n) is 5.43. The SMILES string of the molecule is CC(C)(O)N=NCc1ccccc1.CC(C)=O. The molecule has 0 saturated heterocycles. The zero-order chi connectivity index (χ0) is 13.3. The highest BCUT2D eigenvalue weighted by atomic mass is 16.3. The summed E-state index contributed by atoms with van der Waals surface area (Å²) in [6.07, 6.45) is 0. The van der Waals surface area contributed by atoms with E-state index in [-0.39, 0.29) is 5.78 Å². The molecule has 4 nitrogen and oxygen atoms in total. The first-order chi connectivity index (χ1) is 7.81. The second kappa shape index (κ2) is 7.68. The number of ketones is 1. The summed E-state index contributed by atoms with van der Waals surface area (Å²) in [7, 11) is 0. The lowest BCUT2D eigenvalue weighted by Gasteiger charge is -2.07. The van der Waals surface area contributed by atoms with E-state index in [1.54, 1.807) is 13.8 Å². The lowest BCUT2D eigenvalue weighted by molar-refractivity contribution is -0.114. The van der Waals surface area contributed by atoms with Crippen molar-refractivity contribution in [1.29, 1.82) is 0 Å². The molecule has 0 aliphatic rings. The predicted molar refractivity (Wildman–Crippen MR) is 67.7 cm³/mol. The minimum atomic E-state index is -1.06. The molecular formula is C13H20N2O2. The number of carbonyl (C=O) groups is 1. The highest BCUT2D eigenvalue weighted by Gasteiger charge is 2.07. The summed E-state index contributed by atoms with van der Waals surface area (Å²) < 4.78 is 0. The molecule has 0 spiro atoms. The number of carbonyl (C=O) groups excluding carboxylic acids is 1. The fourth-order valence-corrected chi connectivity index (χ4v) is 0.873. The third kappa shape index (κ3) is 12.4. The third-order valence-electron chi connectivity index (χ3n) is 1.41. The van der Waals surface area contributed by atoms with Gasteiger partial charge in [0.05, 0.1) is 6.54 Å². The Hall–Kier alpha value is -1.55. The Kier molecular flexibility index (Phi) is 6.98. The van der Waals surface area contributed by atoms with Gasteiger partial charge in [-0.05, 0) is 33.3 Å². The minimum Gasteiger partial charge on any atom is -0.368 e. The predicted octanol–water partition coefficient (Wildman–Crippen LogP) is 2.96. The zero-order valence-electron chi connectivity index (χ0n) is 10.8. The average Bonchev–Trinajstić information content (AvgIpc) is 2.16. The first kappa shape index (κ1) is 15.4. The molecule has 94 valence electrons. The lowest BCUT2D eigenvalue weighted by Crippen LogP contribution is -2.13. The molecule has 0 aliphatic heterocycles. The van der Waals surface area contributed by atoms with Gasteiger partial charge in [-0.3, -0.25) is 0 Å². The Balaban J connectivity index is 0.000000557. The van der Waals surface area contributed by atoms with E-state index in [9.17, 15) is 9.90 Å².